The van der Waals surface area contributed by atoms with E-state index in [9.17, 15) is 8.78 Å². The van der Waals surface area contributed by atoms with E-state index in [1.54, 1.807) is 6.07 Å². The third kappa shape index (κ3) is 5.20. The number of likely N-dealkylation sites (N-methyl/N-ethyl adjacent to an activating group) is 1. The van der Waals surface area contributed by atoms with E-state index in [-0.39, 0.29) is 5.75 Å². The van der Waals surface area contributed by atoms with Gasteiger partial charge in [0.25, 0.3) is 0 Å². The zero-order chi connectivity index (χ0) is 30.5. The first-order valence-electron chi connectivity index (χ1n) is 14.4. The lowest BCUT2D eigenvalue weighted by atomic mass is 9.91. The van der Waals surface area contributed by atoms with E-state index < -0.39 is 6.61 Å². The van der Waals surface area contributed by atoms with Crippen molar-refractivity contribution in [2.75, 3.05) is 27.2 Å². The van der Waals surface area contributed by atoms with Crippen LogP contribution in [0.2, 0.25) is 0 Å². The van der Waals surface area contributed by atoms with Gasteiger partial charge in [-0.25, -0.2) is 15.0 Å². The van der Waals surface area contributed by atoms with Crippen LogP contribution in [0.3, 0.4) is 0 Å². The smallest absolute Gasteiger partial charge is 0.387 e. The fourth-order valence-electron chi connectivity index (χ4n) is 5.84. The maximum absolute atomic E-state index is 12.7. The highest BCUT2D eigenvalue weighted by atomic mass is 19.3. The molecule has 0 atom stereocenters. The van der Waals surface area contributed by atoms with Gasteiger partial charge in [0.05, 0.1) is 0 Å². The number of nitrogens with zero attached hydrogens (tertiary/aromatic N) is 5. The number of fused-ring (bicyclic) bond motifs is 2. The van der Waals surface area contributed by atoms with Crippen molar-refractivity contribution >= 4 is 22.3 Å². The van der Waals surface area contributed by atoms with Crippen LogP contribution >= 0.6 is 0 Å². The molecule has 0 spiro atoms. The zero-order valence-electron chi connectivity index (χ0n) is 24.8. The van der Waals surface area contributed by atoms with E-state index in [2.05, 4.69) is 63.7 Å². The normalized spacial score (nSPS) is 14.3. The number of halogens is 2. The van der Waals surface area contributed by atoms with E-state index in [0.29, 0.717) is 34.6 Å². The Morgan fingerprint density at radius 2 is 1.50 bits per heavy atom. The van der Waals surface area contributed by atoms with Crippen molar-refractivity contribution in [3.8, 4) is 39.8 Å². The Bertz CT molecular complexity index is 1990. The predicted molar refractivity (Wildman–Crippen MR) is 165 cm³/mol. The van der Waals surface area contributed by atoms with Gasteiger partial charge in [0, 0.05) is 49.1 Å². The summed E-state index contributed by atoms with van der Waals surface area (Å²) in [6, 6.07) is 19.2. The Morgan fingerprint density at radius 3 is 2.16 bits per heavy atom. The molecule has 0 N–H and O–H groups in total. The molecule has 1 aliphatic heterocycles. The van der Waals surface area contributed by atoms with Gasteiger partial charge in [0.15, 0.2) is 5.58 Å². The summed E-state index contributed by atoms with van der Waals surface area (Å²) < 4.78 is 42.0. The number of aromatic nitrogens is 3. The Kier molecular flexibility index (Phi) is 7.10. The Labute approximate surface area is 252 Å². The molecule has 1 fully saturated rings. The van der Waals surface area contributed by atoms with Crippen molar-refractivity contribution in [3.63, 3.8) is 0 Å². The fourth-order valence-corrected chi connectivity index (χ4v) is 5.84. The molecule has 10 heteroatoms. The Balaban J connectivity index is 1.18. The first-order chi connectivity index (χ1) is 21.2. The molecule has 0 radical (unpaired) electrons. The van der Waals surface area contributed by atoms with Crippen LogP contribution in [-0.4, -0.2) is 64.6 Å². The lowest BCUT2D eigenvalue weighted by Gasteiger charge is -2.42. The topological polar surface area (TPSA) is 80.7 Å². The SMILES string of the molecule is Cc1c(-c2nc3ccc(OC(F)F)cc3o2)cccc1-c1cccc(-c2nc3cc(CN4CC(N(C)C)C4)cnc3o2)c1C. The van der Waals surface area contributed by atoms with Crippen LogP contribution in [0.15, 0.2) is 75.7 Å². The van der Waals surface area contributed by atoms with E-state index in [1.807, 2.05) is 37.4 Å². The molecule has 0 bridgehead atoms. The Hall–Kier alpha value is -4.67. The van der Waals surface area contributed by atoms with Gasteiger partial charge in [-0.2, -0.15) is 8.78 Å². The average molecular weight is 596 g/mol. The third-order valence-electron chi connectivity index (χ3n) is 8.38. The summed E-state index contributed by atoms with van der Waals surface area (Å²) in [7, 11) is 4.24. The van der Waals surface area contributed by atoms with Crippen LogP contribution in [-0.2, 0) is 6.54 Å². The molecular weight excluding hydrogens is 564 g/mol. The number of likely N-dealkylation sites (tertiary alicyclic amines) is 1. The summed E-state index contributed by atoms with van der Waals surface area (Å²) >= 11 is 0. The Morgan fingerprint density at radius 1 is 0.864 bits per heavy atom. The monoisotopic (exact) mass is 595 g/mol. The molecule has 224 valence electrons. The standard InChI is InChI=1S/C34H31F2N5O3/c1-19-24(7-5-9-26(19)31-38-28-12-11-23(42-34(35)36)14-30(28)43-31)25-8-6-10-27(20(25)2)32-39-29-13-21(15-37-33(29)44-32)16-41-17-22(18-41)40(3)4/h5-15,22,34H,16-18H2,1-4H3. The molecule has 1 saturated heterocycles. The lowest BCUT2D eigenvalue weighted by Crippen LogP contribution is -2.56. The second kappa shape index (κ2) is 11.1. The molecule has 4 heterocycles. The van der Waals surface area contributed by atoms with Crippen molar-refractivity contribution in [1.82, 2.24) is 24.8 Å². The van der Waals surface area contributed by atoms with Gasteiger partial charge in [-0.3, -0.25) is 4.90 Å². The van der Waals surface area contributed by atoms with Gasteiger partial charge >= 0.3 is 6.61 Å². The molecule has 8 nitrogen and oxygen atoms in total. The maximum atomic E-state index is 12.7. The predicted octanol–water partition coefficient (Wildman–Crippen LogP) is 7.33. The molecule has 0 saturated carbocycles. The van der Waals surface area contributed by atoms with Gasteiger partial charge in [-0.05, 0) is 86.1 Å². The summed E-state index contributed by atoms with van der Waals surface area (Å²) in [4.78, 5) is 18.7. The minimum Gasteiger partial charge on any atom is -0.436 e. The molecule has 0 aliphatic carbocycles. The van der Waals surface area contributed by atoms with Crippen LogP contribution in [0, 0.1) is 13.8 Å². The fraction of sp³-hybridized carbons (Fsp3) is 0.265. The average Bonchev–Trinajstić information content (AvgIpc) is 3.58. The summed E-state index contributed by atoms with van der Waals surface area (Å²) in [5, 5.41) is 0. The van der Waals surface area contributed by atoms with Crippen LogP contribution in [0.1, 0.15) is 16.7 Å². The van der Waals surface area contributed by atoms with Crippen molar-refractivity contribution in [2.45, 2.75) is 33.0 Å². The summed E-state index contributed by atoms with van der Waals surface area (Å²) in [5.74, 6) is 0.946. The second-order valence-electron chi connectivity index (χ2n) is 11.5. The minimum absolute atomic E-state index is 0.0213. The van der Waals surface area contributed by atoms with Gasteiger partial charge in [-0.15, -0.1) is 0 Å². The van der Waals surface area contributed by atoms with E-state index in [1.165, 1.54) is 12.1 Å². The van der Waals surface area contributed by atoms with Crippen molar-refractivity contribution in [3.05, 3.63) is 83.6 Å². The molecule has 0 amide bonds. The van der Waals surface area contributed by atoms with Gasteiger partial charge in [0.2, 0.25) is 17.5 Å². The molecule has 3 aromatic heterocycles. The molecule has 7 rings (SSSR count). The quantitative estimate of drug-likeness (QED) is 0.181. The van der Waals surface area contributed by atoms with E-state index in [4.69, 9.17) is 13.8 Å². The number of benzene rings is 3. The second-order valence-corrected chi connectivity index (χ2v) is 11.5. The maximum Gasteiger partial charge on any atom is 0.387 e. The number of pyridine rings is 1. The number of hydrogen-bond acceptors (Lipinski definition) is 8. The van der Waals surface area contributed by atoms with Gasteiger partial charge < -0.3 is 18.5 Å². The van der Waals surface area contributed by atoms with E-state index >= 15 is 0 Å². The minimum atomic E-state index is -2.91. The first-order valence-corrected chi connectivity index (χ1v) is 14.4. The van der Waals surface area contributed by atoms with Crippen LogP contribution in [0.4, 0.5) is 8.78 Å². The largest absolute Gasteiger partial charge is 0.436 e. The van der Waals surface area contributed by atoms with Crippen molar-refractivity contribution in [1.29, 1.82) is 0 Å². The molecule has 1 aliphatic rings. The molecule has 0 unspecified atom stereocenters. The number of rotatable bonds is 8. The van der Waals surface area contributed by atoms with Crippen molar-refractivity contribution < 1.29 is 22.4 Å². The molecular formula is C34H31F2N5O3. The highest BCUT2D eigenvalue weighted by Crippen LogP contribution is 2.38. The summed E-state index contributed by atoms with van der Waals surface area (Å²) in [5.41, 5.74) is 9.00. The van der Waals surface area contributed by atoms with Crippen LogP contribution < -0.4 is 4.74 Å². The number of alkyl halides is 2. The van der Waals surface area contributed by atoms with Crippen LogP contribution in [0.25, 0.3) is 56.4 Å². The van der Waals surface area contributed by atoms with Crippen LogP contribution in [0.5, 0.6) is 5.75 Å². The number of oxazole rings is 2. The molecule has 6 aromatic rings. The highest BCUT2D eigenvalue weighted by Gasteiger charge is 2.28. The zero-order valence-corrected chi connectivity index (χ0v) is 24.8. The lowest BCUT2D eigenvalue weighted by molar-refractivity contribution is -0.0497. The van der Waals surface area contributed by atoms with E-state index in [0.717, 1.165) is 64.1 Å². The van der Waals surface area contributed by atoms with Crippen molar-refractivity contribution in [2.24, 2.45) is 0 Å². The highest BCUT2D eigenvalue weighted by molar-refractivity contribution is 5.84. The number of ether oxygens (including phenoxy) is 1. The molecule has 44 heavy (non-hydrogen) atoms. The summed E-state index contributed by atoms with van der Waals surface area (Å²) in [6.07, 6.45) is 1.87. The first kappa shape index (κ1) is 28.1. The van der Waals surface area contributed by atoms with Gasteiger partial charge in [-0.1, -0.05) is 24.3 Å². The van der Waals surface area contributed by atoms with Gasteiger partial charge in [0.1, 0.15) is 16.8 Å². The summed E-state index contributed by atoms with van der Waals surface area (Å²) in [6.45, 7) is 4.09. The number of hydrogen-bond donors (Lipinski definition) is 0. The molecule has 3 aromatic carbocycles. The third-order valence-corrected chi connectivity index (χ3v) is 8.38.